The molecule has 0 spiro atoms. The van der Waals surface area contributed by atoms with Crippen molar-refractivity contribution in [3.8, 4) is 0 Å². The van der Waals surface area contributed by atoms with E-state index in [1.54, 1.807) is 17.6 Å². The van der Waals surface area contributed by atoms with Gasteiger partial charge in [-0.2, -0.15) is 5.10 Å². The number of nitrogens with zero attached hydrogens (tertiary/aromatic N) is 3. The summed E-state index contributed by atoms with van der Waals surface area (Å²) in [7, 11) is 1.46. The van der Waals surface area contributed by atoms with Gasteiger partial charge in [-0.3, -0.25) is 14.9 Å². The number of thiophene rings is 1. The number of methoxy groups -OCH3 is 1. The Hall–Kier alpha value is -3.31. The standard InChI is InChI=1S/C16H15N5O5S/c1-25-5-6-26-16(24)20-14(23)11-3-7-27-15(11)19-13(22)10-8-17-12-2-4-18-21(12)9-10/h2-4,7-9H,5-6H2,1H3,(H,19,22)(H,20,23,24). The number of carbonyl (C=O) groups excluding carboxylic acids is 3. The number of amides is 3. The van der Waals surface area contributed by atoms with E-state index in [1.165, 1.54) is 30.1 Å². The van der Waals surface area contributed by atoms with E-state index in [0.29, 0.717) is 10.6 Å². The van der Waals surface area contributed by atoms with Gasteiger partial charge in [-0.1, -0.05) is 0 Å². The highest BCUT2D eigenvalue weighted by molar-refractivity contribution is 7.14. The highest BCUT2D eigenvalue weighted by Crippen LogP contribution is 2.24. The second-order valence-corrected chi connectivity index (χ2v) is 6.09. The Morgan fingerprint density at radius 1 is 1.22 bits per heavy atom. The fourth-order valence-corrected chi connectivity index (χ4v) is 2.88. The predicted molar refractivity (Wildman–Crippen MR) is 95.9 cm³/mol. The third-order valence-corrected chi connectivity index (χ3v) is 4.21. The molecule has 0 bridgehead atoms. The van der Waals surface area contributed by atoms with E-state index >= 15 is 0 Å². The van der Waals surface area contributed by atoms with Crippen molar-refractivity contribution in [2.45, 2.75) is 0 Å². The van der Waals surface area contributed by atoms with Gasteiger partial charge in [0.15, 0.2) is 5.65 Å². The number of ether oxygens (including phenoxy) is 2. The van der Waals surface area contributed by atoms with Crippen LogP contribution in [0.25, 0.3) is 5.65 Å². The van der Waals surface area contributed by atoms with E-state index in [2.05, 4.69) is 20.7 Å². The fourth-order valence-electron chi connectivity index (χ4n) is 2.10. The van der Waals surface area contributed by atoms with Crippen molar-refractivity contribution in [2.75, 3.05) is 25.6 Å². The van der Waals surface area contributed by atoms with Crippen molar-refractivity contribution in [1.29, 1.82) is 0 Å². The molecule has 10 nitrogen and oxygen atoms in total. The third-order valence-electron chi connectivity index (χ3n) is 3.38. The minimum Gasteiger partial charge on any atom is -0.447 e. The molecule has 0 radical (unpaired) electrons. The molecule has 3 aromatic rings. The molecule has 2 N–H and O–H groups in total. The number of hydrogen-bond acceptors (Lipinski definition) is 8. The zero-order chi connectivity index (χ0) is 19.2. The largest absolute Gasteiger partial charge is 0.447 e. The van der Waals surface area contributed by atoms with Crippen LogP contribution < -0.4 is 10.6 Å². The SMILES string of the molecule is COCCOC(=O)NC(=O)c1ccsc1NC(=O)c1cnc2ccnn2c1. The van der Waals surface area contributed by atoms with Crippen LogP contribution in [0.3, 0.4) is 0 Å². The first-order valence-corrected chi connectivity index (χ1v) is 8.61. The molecular weight excluding hydrogens is 374 g/mol. The molecule has 0 aliphatic rings. The van der Waals surface area contributed by atoms with E-state index in [1.807, 2.05) is 0 Å². The van der Waals surface area contributed by atoms with Gasteiger partial charge in [-0.05, 0) is 11.4 Å². The molecule has 3 rings (SSSR count). The first-order chi connectivity index (χ1) is 13.1. The van der Waals surface area contributed by atoms with Crippen LogP contribution in [0.4, 0.5) is 9.80 Å². The van der Waals surface area contributed by atoms with Crippen LogP contribution in [-0.2, 0) is 9.47 Å². The summed E-state index contributed by atoms with van der Waals surface area (Å²) in [5.41, 5.74) is 1.02. The summed E-state index contributed by atoms with van der Waals surface area (Å²) < 4.78 is 11.0. The van der Waals surface area contributed by atoms with Crippen LogP contribution >= 0.6 is 11.3 Å². The van der Waals surface area contributed by atoms with Crippen LogP contribution in [0.1, 0.15) is 20.7 Å². The zero-order valence-corrected chi connectivity index (χ0v) is 15.0. The molecule has 0 aliphatic carbocycles. The quantitative estimate of drug-likeness (QED) is 0.613. The Bertz CT molecular complexity index is 982. The lowest BCUT2D eigenvalue weighted by Gasteiger charge is -2.08. The first-order valence-electron chi connectivity index (χ1n) is 7.74. The highest BCUT2D eigenvalue weighted by atomic mass is 32.1. The van der Waals surface area contributed by atoms with E-state index < -0.39 is 17.9 Å². The maximum absolute atomic E-state index is 12.4. The number of imide groups is 1. The zero-order valence-electron chi connectivity index (χ0n) is 14.2. The second kappa shape index (κ2) is 8.38. The summed E-state index contributed by atoms with van der Waals surface area (Å²) in [6.07, 6.45) is 3.61. The normalized spacial score (nSPS) is 10.6. The molecule has 3 aromatic heterocycles. The third kappa shape index (κ3) is 4.46. The summed E-state index contributed by atoms with van der Waals surface area (Å²) in [5.74, 6) is -1.14. The lowest BCUT2D eigenvalue weighted by Crippen LogP contribution is -2.32. The molecular formula is C16H15N5O5S. The number of nitrogens with one attached hydrogen (secondary N) is 2. The average molecular weight is 389 g/mol. The Labute approximate surface area is 157 Å². The van der Waals surface area contributed by atoms with E-state index in [0.717, 1.165) is 11.3 Å². The van der Waals surface area contributed by atoms with E-state index in [9.17, 15) is 14.4 Å². The number of anilines is 1. The molecule has 0 fully saturated rings. The van der Waals surface area contributed by atoms with Crippen LogP contribution in [0, 0.1) is 0 Å². The number of carbonyl (C=O) groups is 3. The van der Waals surface area contributed by atoms with Gasteiger partial charge < -0.3 is 14.8 Å². The van der Waals surface area contributed by atoms with Crippen molar-refractivity contribution < 1.29 is 23.9 Å². The first kappa shape index (κ1) is 18.5. The van der Waals surface area contributed by atoms with E-state index in [4.69, 9.17) is 9.47 Å². The highest BCUT2D eigenvalue weighted by Gasteiger charge is 2.19. The van der Waals surface area contributed by atoms with Crippen molar-refractivity contribution in [3.63, 3.8) is 0 Å². The lowest BCUT2D eigenvalue weighted by atomic mass is 10.2. The monoisotopic (exact) mass is 389 g/mol. The average Bonchev–Trinajstić information content (AvgIpc) is 3.30. The van der Waals surface area contributed by atoms with Crippen molar-refractivity contribution in [3.05, 3.63) is 47.2 Å². The fraction of sp³-hybridized carbons (Fsp3) is 0.188. The Morgan fingerprint density at radius 3 is 2.89 bits per heavy atom. The second-order valence-electron chi connectivity index (χ2n) is 5.18. The van der Waals surface area contributed by atoms with Crippen molar-refractivity contribution in [1.82, 2.24) is 19.9 Å². The minimum absolute atomic E-state index is 0.0196. The molecule has 140 valence electrons. The molecule has 3 heterocycles. The van der Waals surface area contributed by atoms with Gasteiger partial charge in [-0.25, -0.2) is 14.3 Å². The van der Waals surface area contributed by atoms with Gasteiger partial charge in [0.1, 0.15) is 11.6 Å². The molecule has 3 amide bonds. The van der Waals surface area contributed by atoms with Crippen molar-refractivity contribution >= 4 is 39.9 Å². The van der Waals surface area contributed by atoms with Gasteiger partial charge >= 0.3 is 6.09 Å². The molecule has 0 saturated heterocycles. The van der Waals surface area contributed by atoms with Gasteiger partial charge in [0, 0.05) is 25.6 Å². The topological polar surface area (TPSA) is 124 Å². The number of fused-ring (bicyclic) bond motifs is 1. The molecule has 0 saturated carbocycles. The summed E-state index contributed by atoms with van der Waals surface area (Å²) in [6.45, 7) is 0.238. The van der Waals surface area contributed by atoms with Crippen LogP contribution in [0.15, 0.2) is 36.1 Å². The van der Waals surface area contributed by atoms with Gasteiger partial charge in [0.05, 0.1) is 23.9 Å². The van der Waals surface area contributed by atoms with Crippen LogP contribution in [0.2, 0.25) is 0 Å². The van der Waals surface area contributed by atoms with E-state index in [-0.39, 0.29) is 24.3 Å². The number of alkyl carbamates (subject to hydrolysis) is 1. The predicted octanol–water partition coefficient (Wildman–Crippen LogP) is 1.56. The molecule has 11 heteroatoms. The minimum atomic E-state index is -0.895. The molecule has 0 aliphatic heterocycles. The van der Waals surface area contributed by atoms with Gasteiger partial charge in [0.25, 0.3) is 11.8 Å². The summed E-state index contributed by atoms with van der Waals surface area (Å²) in [4.78, 5) is 40.3. The molecule has 0 atom stereocenters. The summed E-state index contributed by atoms with van der Waals surface area (Å²) >= 11 is 1.15. The molecule has 27 heavy (non-hydrogen) atoms. The maximum atomic E-state index is 12.4. The lowest BCUT2D eigenvalue weighted by molar-refractivity contribution is 0.0845. The number of hydrogen-bond donors (Lipinski definition) is 2. The summed E-state index contributed by atoms with van der Waals surface area (Å²) in [6, 6.07) is 3.20. The van der Waals surface area contributed by atoms with Gasteiger partial charge in [0.2, 0.25) is 0 Å². The number of rotatable bonds is 6. The maximum Gasteiger partial charge on any atom is 0.414 e. The van der Waals surface area contributed by atoms with Crippen LogP contribution in [-0.4, -0.2) is 52.8 Å². The Kier molecular flexibility index (Phi) is 5.74. The Morgan fingerprint density at radius 2 is 2.07 bits per heavy atom. The smallest absolute Gasteiger partial charge is 0.414 e. The van der Waals surface area contributed by atoms with Gasteiger partial charge in [-0.15, -0.1) is 11.3 Å². The molecule has 0 aromatic carbocycles. The molecule has 0 unspecified atom stereocenters. The number of aromatic nitrogens is 3. The summed E-state index contributed by atoms with van der Waals surface area (Å²) in [5, 5.41) is 10.7. The Balaban J connectivity index is 1.66. The van der Waals surface area contributed by atoms with Crippen molar-refractivity contribution in [2.24, 2.45) is 0 Å². The van der Waals surface area contributed by atoms with Crippen LogP contribution in [0.5, 0.6) is 0 Å².